The van der Waals surface area contributed by atoms with E-state index in [1.54, 1.807) is 7.05 Å². The van der Waals surface area contributed by atoms with Crippen LogP contribution in [0.15, 0.2) is 12.1 Å². The van der Waals surface area contributed by atoms with Gasteiger partial charge in [-0.2, -0.15) is 0 Å². The maximum absolute atomic E-state index is 13.3. The molecular weight excluding hydrogens is 263 g/mol. The molecule has 0 heterocycles. The lowest BCUT2D eigenvalue weighted by atomic mass is 10.2. The van der Waals surface area contributed by atoms with Gasteiger partial charge in [0.25, 0.3) is 0 Å². The van der Waals surface area contributed by atoms with Crippen molar-refractivity contribution < 1.29 is 19.0 Å². The second-order valence-corrected chi connectivity index (χ2v) is 3.83. The summed E-state index contributed by atoms with van der Waals surface area (Å²) in [5, 5.41) is 13.4. The molecule has 0 bridgehead atoms. The second-order valence-electron chi connectivity index (χ2n) is 3.45. The summed E-state index contributed by atoms with van der Waals surface area (Å²) in [4.78, 5) is 10.2. The molecule has 0 aliphatic heterocycles. The summed E-state index contributed by atoms with van der Waals surface area (Å²) in [5.74, 6) is -0.0825. The van der Waals surface area contributed by atoms with Crippen LogP contribution in [0.3, 0.4) is 0 Å². The zero-order valence-electron chi connectivity index (χ0n) is 9.80. The van der Waals surface area contributed by atoms with E-state index in [1.807, 2.05) is 0 Å². The van der Waals surface area contributed by atoms with Crippen molar-refractivity contribution in [2.75, 3.05) is 20.2 Å². The Balaban J connectivity index is 2.69. The van der Waals surface area contributed by atoms with E-state index in [2.05, 4.69) is 10.6 Å². The van der Waals surface area contributed by atoms with E-state index in [0.717, 1.165) is 0 Å². The summed E-state index contributed by atoms with van der Waals surface area (Å²) < 4.78 is 18.6. The van der Waals surface area contributed by atoms with Crippen molar-refractivity contribution in [2.24, 2.45) is 0 Å². The van der Waals surface area contributed by atoms with Crippen molar-refractivity contribution in [2.45, 2.75) is 6.54 Å². The first-order chi connectivity index (χ1) is 8.56. The Morgan fingerprint density at radius 3 is 2.89 bits per heavy atom. The van der Waals surface area contributed by atoms with E-state index >= 15 is 0 Å². The molecule has 0 fully saturated rings. The van der Waals surface area contributed by atoms with Crippen LogP contribution >= 0.6 is 11.6 Å². The monoisotopic (exact) mass is 276 g/mol. The summed E-state index contributed by atoms with van der Waals surface area (Å²) in [6.45, 7) is 0.645. The molecule has 0 unspecified atom stereocenters. The van der Waals surface area contributed by atoms with Gasteiger partial charge in [0.2, 0.25) is 0 Å². The zero-order valence-corrected chi connectivity index (χ0v) is 10.6. The van der Waals surface area contributed by atoms with Gasteiger partial charge in [0, 0.05) is 12.1 Å². The average molecular weight is 277 g/mol. The first kappa shape index (κ1) is 14.5. The Bertz CT molecular complexity index is 429. The predicted molar refractivity (Wildman–Crippen MR) is 65.7 cm³/mol. The maximum Gasteiger partial charge on any atom is 0.404 e. The summed E-state index contributed by atoms with van der Waals surface area (Å²) in [5.41, 5.74) is 0.509. The van der Waals surface area contributed by atoms with Gasteiger partial charge >= 0.3 is 6.09 Å². The average Bonchev–Trinajstić information content (AvgIpc) is 2.32. The van der Waals surface area contributed by atoms with E-state index < -0.39 is 11.9 Å². The molecule has 0 aliphatic carbocycles. The van der Waals surface area contributed by atoms with E-state index in [4.69, 9.17) is 21.4 Å². The van der Waals surface area contributed by atoms with Crippen molar-refractivity contribution in [1.82, 2.24) is 10.6 Å². The van der Waals surface area contributed by atoms with Crippen molar-refractivity contribution in [3.05, 3.63) is 28.5 Å². The Kier molecular flexibility index (Phi) is 5.67. The van der Waals surface area contributed by atoms with Crippen molar-refractivity contribution >= 4 is 17.7 Å². The van der Waals surface area contributed by atoms with E-state index in [9.17, 15) is 9.18 Å². The maximum atomic E-state index is 13.3. The molecule has 0 radical (unpaired) electrons. The van der Waals surface area contributed by atoms with Crippen molar-refractivity contribution in [1.29, 1.82) is 0 Å². The zero-order chi connectivity index (χ0) is 13.5. The molecule has 100 valence electrons. The Morgan fingerprint density at radius 1 is 1.56 bits per heavy atom. The number of benzene rings is 1. The number of hydrogen-bond donors (Lipinski definition) is 3. The smallest absolute Gasteiger partial charge is 0.404 e. The molecule has 7 heteroatoms. The van der Waals surface area contributed by atoms with Gasteiger partial charge in [-0.1, -0.05) is 11.6 Å². The largest absolute Gasteiger partial charge is 0.491 e. The fourth-order valence-electron chi connectivity index (χ4n) is 1.37. The van der Waals surface area contributed by atoms with Gasteiger partial charge < -0.3 is 20.5 Å². The van der Waals surface area contributed by atoms with E-state index in [-0.39, 0.29) is 18.2 Å². The quantitative estimate of drug-likeness (QED) is 0.694. The summed E-state index contributed by atoms with van der Waals surface area (Å²) in [6.07, 6.45) is -1.12. The lowest BCUT2D eigenvalue weighted by Gasteiger charge is -2.13. The molecule has 0 spiro atoms. The van der Waals surface area contributed by atoms with Crippen LogP contribution < -0.4 is 15.4 Å². The minimum Gasteiger partial charge on any atom is -0.491 e. The third kappa shape index (κ3) is 4.05. The van der Waals surface area contributed by atoms with E-state index in [0.29, 0.717) is 17.9 Å². The van der Waals surface area contributed by atoms with Crippen LogP contribution in [0, 0.1) is 5.82 Å². The molecule has 1 rings (SSSR count). The van der Waals surface area contributed by atoms with Gasteiger partial charge in [-0.25, -0.2) is 9.18 Å². The van der Waals surface area contributed by atoms with Crippen LogP contribution in [-0.2, 0) is 6.54 Å². The first-order valence-corrected chi connectivity index (χ1v) is 5.65. The number of amides is 1. The fourth-order valence-corrected chi connectivity index (χ4v) is 1.59. The summed E-state index contributed by atoms with van der Waals surface area (Å²) in [6, 6.07) is 2.68. The fraction of sp³-hybridized carbons (Fsp3) is 0.364. The number of carboxylic acid groups (broad SMARTS) is 1. The first-order valence-electron chi connectivity index (χ1n) is 5.27. The SMILES string of the molecule is CNCc1c(OCCNC(=O)O)ccc(F)c1Cl. The van der Waals surface area contributed by atoms with Crippen LogP contribution in [0.1, 0.15) is 5.56 Å². The molecule has 18 heavy (non-hydrogen) atoms. The molecular formula is C11H14ClFN2O3. The molecule has 0 atom stereocenters. The molecule has 1 aromatic rings. The van der Waals surface area contributed by atoms with Gasteiger partial charge in [0.1, 0.15) is 18.2 Å². The molecule has 0 aliphatic rings. The van der Waals surface area contributed by atoms with Gasteiger partial charge in [-0.15, -0.1) is 0 Å². The number of hydrogen-bond acceptors (Lipinski definition) is 3. The number of carbonyl (C=O) groups is 1. The van der Waals surface area contributed by atoms with Crippen molar-refractivity contribution in [3.8, 4) is 5.75 Å². The van der Waals surface area contributed by atoms with Crippen LogP contribution in [0.5, 0.6) is 5.75 Å². The Hall–Kier alpha value is -1.53. The molecule has 3 N–H and O–H groups in total. The van der Waals surface area contributed by atoms with Gasteiger partial charge in [-0.05, 0) is 19.2 Å². The standard InChI is InChI=1S/C11H14ClFN2O3/c1-14-6-7-9(3-2-8(13)10(7)12)18-5-4-15-11(16)17/h2-3,14-15H,4-6H2,1H3,(H,16,17). The highest BCUT2D eigenvalue weighted by atomic mass is 35.5. The summed E-state index contributed by atoms with van der Waals surface area (Å²) >= 11 is 5.84. The van der Waals surface area contributed by atoms with Crippen LogP contribution in [0.2, 0.25) is 5.02 Å². The minimum atomic E-state index is -1.12. The molecule has 1 aromatic carbocycles. The van der Waals surface area contributed by atoms with E-state index in [1.165, 1.54) is 12.1 Å². The predicted octanol–water partition coefficient (Wildman–Crippen LogP) is 1.84. The topological polar surface area (TPSA) is 70.6 Å². The highest BCUT2D eigenvalue weighted by Gasteiger charge is 2.12. The lowest BCUT2D eigenvalue weighted by molar-refractivity contribution is 0.191. The lowest BCUT2D eigenvalue weighted by Crippen LogP contribution is -2.26. The second kappa shape index (κ2) is 7.03. The number of nitrogens with one attached hydrogen (secondary N) is 2. The minimum absolute atomic E-state index is 0.00745. The van der Waals surface area contributed by atoms with Crippen LogP contribution in [0.25, 0.3) is 0 Å². The highest BCUT2D eigenvalue weighted by molar-refractivity contribution is 6.31. The Labute approximate surface area is 109 Å². The van der Waals surface area contributed by atoms with Gasteiger partial charge in [0.05, 0.1) is 11.6 Å². The number of rotatable bonds is 6. The molecule has 1 amide bonds. The number of ether oxygens (including phenoxy) is 1. The molecule has 0 saturated heterocycles. The highest BCUT2D eigenvalue weighted by Crippen LogP contribution is 2.28. The third-order valence-corrected chi connectivity index (χ3v) is 2.55. The van der Waals surface area contributed by atoms with Gasteiger partial charge in [-0.3, -0.25) is 0 Å². The van der Waals surface area contributed by atoms with Gasteiger partial charge in [0.15, 0.2) is 0 Å². The molecule has 0 saturated carbocycles. The van der Waals surface area contributed by atoms with Crippen LogP contribution in [0.4, 0.5) is 9.18 Å². The molecule has 0 aromatic heterocycles. The number of halogens is 2. The van der Waals surface area contributed by atoms with Crippen molar-refractivity contribution in [3.63, 3.8) is 0 Å². The summed E-state index contributed by atoms with van der Waals surface area (Å²) in [7, 11) is 1.71. The molecule has 5 nitrogen and oxygen atoms in total. The normalized spacial score (nSPS) is 10.2. The third-order valence-electron chi connectivity index (χ3n) is 2.14. The Morgan fingerprint density at radius 2 is 2.28 bits per heavy atom. The van der Waals surface area contributed by atoms with Crippen LogP contribution in [-0.4, -0.2) is 31.4 Å².